The molecule has 0 saturated carbocycles. The zero-order valence-corrected chi connectivity index (χ0v) is 24.2. The highest BCUT2D eigenvalue weighted by atomic mass is 32.2. The molecule has 1 aromatic rings. The van der Waals surface area contributed by atoms with Crippen molar-refractivity contribution in [3.8, 4) is 0 Å². The second kappa shape index (κ2) is 20.6. The van der Waals surface area contributed by atoms with Gasteiger partial charge in [-0.2, -0.15) is 23.5 Å². The van der Waals surface area contributed by atoms with Gasteiger partial charge in [-0.3, -0.25) is 9.80 Å². The van der Waals surface area contributed by atoms with E-state index in [0.717, 1.165) is 78.5 Å². The summed E-state index contributed by atoms with van der Waals surface area (Å²) in [6.07, 6.45) is 5.00. The summed E-state index contributed by atoms with van der Waals surface area (Å²) in [4.78, 5) is 5.31. The van der Waals surface area contributed by atoms with Gasteiger partial charge in [0.1, 0.15) is 0 Å². The van der Waals surface area contributed by atoms with Gasteiger partial charge in [0, 0.05) is 63.9 Å². The number of benzene rings is 1. The van der Waals surface area contributed by atoms with Crippen molar-refractivity contribution in [1.82, 2.24) is 31.1 Å². The van der Waals surface area contributed by atoms with Crippen LogP contribution in [-0.4, -0.2) is 111 Å². The summed E-state index contributed by atoms with van der Waals surface area (Å²) in [5.41, 5.74) is 2.91. The van der Waals surface area contributed by atoms with Gasteiger partial charge in [-0.05, 0) is 87.6 Å². The third kappa shape index (κ3) is 14.6. The van der Waals surface area contributed by atoms with Crippen LogP contribution >= 0.6 is 23.5 Å². The molecule has 2 fully saturated rings. The molecule has 2 aliphatic heterocycles. The zero-order chi connectivity index (χ0) is 24.9. The summed E-state index contributed by atoms with van der Waals surface area (Å²) in [6.45, 7) is 15.7. The largest absolute Gasteiger partial charge is 0.315 e. The summed E-state index contributed by atoms with van der Waals surface area (Å²) in [5, 5.41) is 14.3. The number of hydrogen-bond acceptors (Lipinski definition) is 8. The normalized spacial score (nSPS) is 22.9. The van der Waals surface area contributed by atoms with E-state index in [-0.39, 0.29) is 0 Å². The van der Waals surface area contributed by atoms with E-state index in [1.54, 1.807) is 0 Å². The van der Waals surface area contributed by atoms with Gasteiger partial charge in [0.15, 0.2) is 0 Å². The quantitative estimate of drug-likeness (QED) is 0.469. The fraction of sp³-hybridized carbons (Fsp3) is 0.786. The standard InChI is InChI=1S/C28H52N6S2/c1-9-29-12-13-30-11-2-17-34(20-14-31-10-1)26-28-7-5-27(6-8-28)25-33-18-3-21-35-23-15-32-16-24-36-22-4-19-33/h5-8,29-32H,1-4,9-26H2. The third-order valence-electron chi connectivity index (χ3n) is 6.83. The van der Waals surface area contributed by atoms with E-state index in [4.69, 9.17) is 0 Å². The molecule has 6 nitrogen and oxygen atoms in total. The highest BCUT2D eigenvalue weighted by molar-refractivity contribution is 7.99. The minimum absolute atomic E-state index is 1.05. The lowest BCUT2D eigenvalue weighted by Crippen LogP contribution is -2.36. The molecule has 1 aromatic carbocycles. The van der Waals surface area contributed by atoms with Crippen LogP contribution in [0.1, 0.15) is 36.8 Å². The molecule has 0 aliphatic carbocycles. The maximum Gasteiger partial charge on any atom is 0.0234 e. The summed E-state index contributed by atoms with van der Waals surface area (Å²) in [5.74, 6) is 5.05. The van der Waals surface area contributed by atoms with Crippen molar-refractivity contribution in [1.29, 1.82) is 0 Å². The van der Waals surface area contributed by atoms with E-state index in [0.29, 0.717) is 0 Å². The molecule has 0 aromatic heterocycles. The van der Waals surface area contributed by atoms with Crippen LogP contribution < -0.4 is 21.3 Å². The van der Waals surface area contributed by atoms with Crippen LogP contribution in [0.3, 0.4) is 0 Å². The molecule has 0 radical (unpaired) electrons. The number of nitrogens with zero attached hydrogens (tertiary/aromatic N) is 2. The summed E-state index contributed by atoms with van der Waals surface area (Å²) >= 11 is 4.21. The Balaban J connectivity index is 1.45. The smallest absolute Gasteiger partial charge is 0.0234 e. The van der Waals surface area contributed by atoms with E-state index >= 15 is 0 Å². The molecule has 2 heterocycles. The van der Waals surface area contributed by atoms with Gasteiger partial charge in [-0.15, -0.1) is 0 Å². The Bertz CT molecular complexity index is 564. The molecule has 36 heavy (non-hydrogen) atoms. The molecule has 8 heteroatoms. The average molecular weight is 537 g/mol. The predicted octanol–water partition coefficient (Wildman–Crippen LogP) is 2.70. The molecule has 3 rings (SSSR count). The first-order chi connectivity index (χ1) is 17.9. The van der Waals surface area contributed by atoms with Crippen LogP contribution in [0.2, 0.25) is 0 Å². The van der Waals surface area contributed by atoms with Gasteiger partial charge in [0.05, 0.1) is 0 Å². The first-order valence-corrected chi connectivity index (χ1v) is 16.7. The van der Waals surface area contributed by atoms with Crippen LogP contribution in [0.4, 0.5) is 0 Å². The number of thioether (sulfide) groups is 2. The van der Waals surface area contributed by atoms with Crippen molar-refractivity contribution in [3.63, 3.8) is 0 Å². The van der Waals surface area contributed by atoms with E-state index < -0.39 is 0 Å². The molecule has 0 atom stereocenters. The lowest BCUT2D eigenvalue weighted by molar-refractivity contribution is 0.259. The van der Waals surface area contributed by atoms with E-state index in [2.05, 4.69) is 78.9 Å². The van der Waals surface area contributed by atoms with Crippen molar-refractivity contribution in [2.45, 2.75) is 38.8 Å². The zero-order valence-electron chi connectivity index (χ0n) is 22.6. The molecule has 4 N–H and O–H groups in total. The molecule has 0 spiro atoms. The second-order valence-corrected chi connectivity index (χ2v) is 12.5. The SMILES string of the molecule is c1cc(CN2CCCNCCNCCCNCC2)ccc1CN1CCCSCCNCCSCCC1. The number of nitrogens with one attached hydrogen (secondary N) is 4. The van der Waals surface area contributed by atoms with Crippen LogP contribution in [-0.2, 0) is 13.1 Å². The van der Waals surface area contributed by atoms with E-state index in [1.165, 1.54) is 72.9 Å². The lowest BCUT2D eigenvalue weighted by atomic mass is 10.1. The van der Waals surface area contributed by atoms with E-state index in [1.807, 2.05) is 0 Å². The third-order valence-corrected chi connectivity index (χ3v) is 8.97. The van der Waals surface area contributed by atoms with Crippen molar-refractivity contribution in [2.24, 2.45) is 0 Å². The first kappa shape index (κ1) is 30.2. The van der Waals surface area contributed by atoms with Crippen molar-refractivity contribution in [3.05, 3.63) is 35.4 Å². The first-order valence-electron chi connectivity index (χ1n) is 14.4. The Hall–Kier alpha value is -0.320. The minimum atomic E-state index is 1.05. The van der Waals surface area contributed by atoms with Crippen LogP contribution in [0, 0.1) is 0 Å². The molecular formula is C28H52N6S2. The predicted molar refractivity (Wildman–Crippen MR) is 162 cm³/mol. The van der Waals surface area contributed by atoms with Crippen molar-refractivity contribution < 1.29 is 0 Å². The van der Waals surface area contributed by atoms with Crippen molar-refractivity contribution in [2.75, 3.05) is 102 Å². The van der Waals surface area contributed by atoms with Crippen LogP contribution in [0.25, 0.3) is 0 Å². The van der Waals surface area contributed by atoms with Gasteiger partial charge < -0.3 is 21.3 Å². The highest BCUT2D eigenvalue weighted by Crippen LogP contribution is 2.13. The number of rotatable bonds is 4. The summed E-state index contributed by atoms with van der Waals surface area (Å²) in [6, 6.07) is 9.52. The Morgan fingerprint density at radius 2 is 0.944 bits per heavy atom. The minimum Gasteiger partial charge on any atom is -0.315 e. The lowest BCUT2D eigenvalue weighted by Gasteiger charge is -2.24. The fourth-order valence-corrected chi connectivity index (χ4v) is 6.41. The highest BCUT2D eigenvalue weighted by Gasteiger charge is 2.09. The Morgan fingerprint density at radius 1 is 0.472 bits per heavy atom. The van der Waals surface area contributed by atoms with Gasteiger partial charge in [0.2, 0.25) is 0 Å². The molecule has 0 unspecified atom stereocenters. The monoisotopic (exact) mass is 536 g/mol. The van der Waals surface area contributed by atoms with Gasteiger partial charge in [-0.1, -0.05) is 24.3 Å². The topological polar surface area (TPSA) is 54.6 Å². The molecule has 206 valence electrons. The van der Waals surface area contributed by atoms with Crippen LogP contribution in [0.5, 0.6) is 0 Å². The summed E-state index contributed by atoms with van der Waals surface area (Å²) < 4.78 is 0. The molecule has 2 aliphatic rings. The number of hydrogen-bond donors (Lipinski definition) is 4. The summed E-state index contributed by atoms with van der Waals surface area (Å²) in [7, 11) is 0. The average Bonchev–Trinajstić information content (AvgIpc) is 2.89. The Kier molecular flexibility index (Phi) is 17.3. The van der Waals surface area contributed by atoms with Gasteiger partial charge in [-0.25, -0.2) is 0 Å². The molecule has 0 bridgehead atoms. The van der Waals surface area contributed by atoms with Crippen molar-refractivity contribution >= 4 is 23.5 Å². The molecular weight excluding hydrogens is 484 g/mol. The Labute approximate surface area is 229 Å². The maximum absolute atomic E-state index is 3.63. The fourth-order valence-electron chi connectivity index (χ4n) is 4.76. The Morgan fingerprint density at radius 3 is 1.56 bits per heavy atom. The maximum atomic E-state index is 3.63. The molecule has 2 saturated heterocycles. The van der Waals surface area contributed by atoms with Crippen LogP contribution in [0.15, 0.2) is 24.3 Å². The molecule has 0 amide bonds. The second-order valence-electron chi connectivity index (χ2n) is 10.0. The van der Waals surface area contributed by atoms with Gasteiger partial charge >= 0.3 is 0 Å². The van der Waals surface area contributed by atoms with Gasteiger partial charge in [0.25, 0.3) is 0 Å². The van der Waals surface area contributed by atoms with E-state index in [9.17, 15) is 0 Å².